The summed E-state index contributed by atoms with van der Waals surface area (Å²) in [5.41, 5.74) is 11.9. The van der Waals surface area contributed by atoms with Crippen LogP contribution in [0.4, 0.5) is 0 Å². The van der Waals surface area contributed by atoms with Crippen molar-refractivity contribution in [3.05, 3.63) is 29.8 Å². The number of esters is 1. The lowest BCUT2D eigenvalue weighted by Gasteiger charge is -2.22. The zero-order valence-corrected chi connectivity index (χ0v) is 15.3. The van der Waals surface area contributed by atoms with Crippen LogP contribution in [-0.4, -0.2) is 41.3 Å². The predicted octanol–water partition coefficient (Wildman–Crippen LogP) is 1.80. The van der Waals surface area contributed by atoms with Gasteiger partial charge in [-0.05, 0) is 36.5 Å². The Kier molecular flexibility index (Phi) is 9.69. The molecule has 1 saturated carbocycles. The van der Waals surface area contributed by atoms with Crippen LogP contribution in [0.5, 0.6) is 5.75 Å². The number of methoxy groups -OCH3 is 1. The van der Waals surface area contributed by atoms with E-state index in [0.29, 0.717) is 18.8 Å². The van der Waals surface area contributed by atoms with Crippen LogP contribution in [0.1, 0.15) is 44.1 Å². The molecule has 0 amide bonds. The number of rotatable bonds is 6. The van der Waals surface area contributed by atoms with E-state index in [0.717, 1.165) is 5.56 Å². The maximum absolute atomic E-state index is 11.0. The Morgan fingerprint density at radius 1 is 1.12 bits per heavy atom. The molecular formula is C19H30N2O5. The van der Waals surface area contributed by atoms with Gasteiger partial charge in [0.15, 0.2) is 0 Å². The molecular weight excluding hydrogens is 336 g/mol. The Hall–Kier alpha value is -2.12. The summed E-state index contributed by atoms with van der Waals surface area (Å²) in [6, 6.07) is 5.26. The fraction of sp³-hybridized carbons (Fsp3) is 0.579. The largest absolute Gasteiger partial charge is 0.508 e. The highest BCUT2D eigenvalue weighted by atomic mass is 16.5. The Morgan fingerprint density at radius 2 is 1.69 bits per heavy atom. The molecule has 6 N–H and O–H groups in total. The lowest BCUT2D eigenvalue weighted by Crippen LogP contribution is -2.33. The first-order valence-corrected chi connectivity index (χ1v) is 8.93. The van der Waals surface area contributed by atoms with Crippen LogP contribution in [-0.2, 0) is 20.7 Å². The van der Waals surface area contributed by atoms with Crippen LogP contribution < -0.4 is 11.5 Å². The van der Waals surface area contributed by atoms with Gasteiger partial charge in [0, 0.05) is 0 Å². The topological polar surface area (TPSA) is 136 Å². The molecule has 0 aromatic heterocycles. The third kappa shape index (κ3) is 8.31. The van der Waals surface area contributed by atoms with Gasteiger partial charge in [-0.2, -0.15) is 0 Å². The highest BCUT2D eigenvalue weighted by Gasteiger charge is 2.20. The number of carboxylic acids is 1. The molecule has 146 valence electrons. The number of carboxylic acid groups (broad SMARTS) is 1. The summed E-state index contributed by atoms with van der Waals surface area (Å²) in [6.07, 6.45) is 7.21. The van der Waals surface area contributed by atoms with Crippen LogP contribution in [0.15, 0.2) is 24.3 Å². The predicted molar refractivity (Wildman–Crippen MR) is 98.6 cm³/mol. The number of ether oxygens (including phenoxy) is 1. The molecule has 0 radical (unpaired) electrons. The number of carbonyl (C=O) groups excluding carboxylic acids is 1. The van der Waals surface area contributed by atoms with Gasteiger partial charge in [0.1, 0.15) is 17.8 Å². The van der Waals surface area contributed by atoms with Crippen molar-refractivity contribution in [2.75, 3.05) is 7.11 Å². The average molecular weight is 366 g/mol. The highest BCUT2D eigenvalue weighted by molar-refractivity contribution is 5.75. The van der Waals surface area contributed by atoms with E-state index in [1.807, 2.05) is 0 Å². The molecule has 0 heterocycles. The van der Waals surface area contributed by atoms with E-state index in [1.165, 1.54) is 39.2 Å². The van der Waals surface area contributed by atoms with Crippen LogP contribution >= 0.6 is 0 Å². The lowest BCUT2D eigenvalue weighted by atomic mass is 9.85. The minimum atomic E-state index is -0.861. The first kappa shape index (κ1) is 21.9. The van der Waals surface area contributed by atoms with E-state index < -0.39 is 24.0 Å². The van der Waals surface area contributed by atoms with E-state index in [1.54, 1.807) is 24.3 Å². The van der Waals surface area contributed by atoms with Gasteiger partial charge in [-0.25, -0.2) is 0 Å². The van der Waals surface area contributed by atoms with Crippen molar-refractivity contribution in [2.24, 2.45) is 17.4 Å². The maximum atomic E-state index is 11.0. The first-order chi connectivity index (χ1) is 12.3. The zero-order valence-electron chi connectivity index (χ0n) is 15.3. The fourth-order valence-corrected chi connectivity index (χ4v) is 3.00. The summed E-state index contributed by atoms with van der Waals surface area (Å²) in [4.78, 5) is 21.4. The molecule has 0 spiro atoms. The molecule has 0 saturated heterocycles. The number of aromatic hydroxyl groups is 1. The van der Waals surface area contributed by atoms with Crippen LogP contribution in [0.25, 0.3) is 0 Å². The van der Waals surface area contributed by atoms with E-state index in [4.69, 9.17) is 21.7 Å². The molecule has 1 aromatic rings. The van der Waals surface area contributed by atoms with Gasteiger partial charge in [0.05, 0.1) is 7.11 Å². The first-order valence-electron chi connectivity index (χ1n) is 8.93. The maximum Gasteiger partial charge on any atom is 0.322 e. The van der Waals surface area contributed by atoms with Gasteiger partial charge in [-0.15, -0.1) is 0 Å². The molecule has 1 aromatic carbocycles. The Bertz CT molecular complexity index is 556. The highest BCUT2D eigenvalue weighted by Crippen LogP contribution is 2.26. The summed E-state index contributed by atoms with van der Waals surface area (Å²) in [5.74, 6) is -0.538. The lowest BCUT2D eigenvalue weighted by molar-refractivity contribution is -0.142. The number of phenolic OH excluding ortho intramolecular Hbond substituents is 1. The molecule has 0 unspecified atom stereocenters. The van der Waals surface area contributed by atoms with Crippen LogP contribution in [0.3, 0.4) is 0 Å². The normalized spacial score (nSPS) is 16.7. The molecule has 2 rings (SSSR count). The van der Waals surface area contributed by atoms with Crippen LogP contribution in [0, 0.1) is 5.92 Å². The Labute approximate surface area is 154 Å². The molecule has 2 atom stereocenters. The monoisotopic (exact) mass is 366 g/mol. The van der Waals surface area contributed by atoms with Gasteiger partial charge in [0.25, 0.3) is 0 Å². The minimum Gasteiger partial charge on any atom is -0.508 e. The average Bonchev–Trinajstić information content (AvgIpc) is 2.64. The molecule has 0 bridgehead atoms. The quantitative estimate of drug-likeness (QED) is 0.564. The summed E-state index contributed by atoms with van der Waals surface area (Å²) in [5, 5.41) is 17.6. The third-order valence-electron chi connectivity index (χ3n) is 4.53. The second-order valence-electron chi connectivity index (χ2n) is 6.68. The SMILES string of the molecule is COC(=O)[C@@H](N)Cc1ccc(O)cc1.N[C@@H](CC1CCCCC1)C(=O)O. The standard InChI is InChI=1S/C10H13NO3.C9H17NO2/c1-14-10(13)9(11)6-7-2-4-8(12)5-3-7;10-8(9(11)12)6-7-4-2-1-3-5-7/h2-5,9,12H,6,11H2,1H3;7-8H,1-6,10H2,(H,11,12)/t9-;8-/m00/s1. The Balaban J connectivity index is 0.000000263. The van der Waals surface area contributed by atoms with Crippen molar-refractivity contribution in [2.45, 2.75) is 57.0 Å². The molecule has 7 nitrogen and oxygen atoms in total. The number of nitrogens with two attached hydrogens (primary N) is 2. The van der Waals surface area contributed by atoms with Crippen molar-refractivity contribution < 1.29 is 24.5 Å². The number of aliphatic carboxylic acids is 1. The summed E-state index contributed by atoms with van der Waals surface area (Å²) < 4.78 is 4.49. The van der Waals surface area contributed by atoms with Crippen LogP contribution in [0.2, 0.25) is 0 Å². The number of phenols is 1. The minimum absolute atomic E-state index is 0.195. The summed E-state index contributed by atoms with van der Waals surface area (Å²) in [7, 11) is 1.30. The number of hydrogen-bond acceptors (Lipinski definition) is 6. The molecule has 26 heavy (non-hydrogen) atoms. The van der Waals surface area contributed by atoms with Gasteiger partial charge in [-0.1, -0.05) is 44.2 Å². The van der Waals surface area contributed by atoms with Gasteiger partial charge < -0.3 is 26.4 Å². The van der Waals surface area contributed by atoms with Crippen molar-refractivity contribution in [1.82, 2.24) is 0 Å². The molecule has 1 fully saturated rings. The second-order valence-corrected chi connectivity index (χ2v) is 6.68. The van der Waals surface area contributed by atoms with E-state index in [-0.39, 0.29) is 5.75 Å². The zero-order chi connectivity index (χ0) is 19.5. The van der Waals surface area contributed by atoms with Gasteiger partial charge in [-0.3, -0.25) is 9.59 Å². The van der Waals surface area contributed by atoms with E-state index >= 15 is 0 Å². The molecule has 1 aliphatic rings. The molecule has 0 aliphatic heterocycles. The van der Waals surface area contributed by atoms with Crippen molar-refractivity contribution in [3.8, 4) is 5.75 Å². The number of hydrogen-bond donors (Lipinski definition) is 4. The van der Waals surface area contributed by atoms with E-state index in [9.17, 15) is 9.59 Å². The second kappa shape index (κ2) is 11.5. The van der Waals surface area contributed by atoms with Crippen molar-refractivity contribution in [1.29, 1.82) is 0 Å². The summed E-state index contributed by atoms with van der Waals surface area (Å²) in [6.45, 7) is 0. The Morgan fingerprint density at radius 3 is 2.19 bits per heavy atom. The number of benzene rings is 1. The van der Waals surface area contributed by atoms with Crippen molar-refractivity contribution in [3.63, 3.8) is 0 Å². The summed E-state index contributed by atoms with van der Waals surface area (Å²) >= 11 is 0. The third-order valence-corrected chi connectivity index (χ3v) is 4.53. The van der Waals surface area contributed by atoms with Gasteiger partial charge in [0.2, 0.25) is 0 Å². The molecule has 7 heteroatoms. The van der Waals surface area contributed by atoms with Crippen molar-refractivity contribution >= 4 is 11.9 Å². The molecule has 1 aliphatic carbocycles. The van der Waals surface area contributed by atoms with E-state index in [2.05, 4.69) is 4.74 Å². The fourth-order valence-electron chi connectivity index (χ4n) is 3.00. The smallest absolute Gasteiger partial charge is 0.322 e. The van der Waals surface area contributed by atoms with Gasteiger partial charge >= 0.3 is 11.9 Å². The number of carbonyl (C=O) groups is 2.